The Morgan fingerprint density at radius 1 is 1.52 bits per heavy atom. The maximum Gasteiger partial charge on any atom is 0.254 e. The maximum atomic E-state index is 12.8. The fraction of sp³-hybridized carbons (Fsp3) is 0.467. The molecular formula is C15H19FN2O4S. The minimum atomic E-state index is -3.36. The molecule has 0 aliphatic carbocycles. The van der Waals surface area contributed by atoms with Gasteiger partial charge in [-0.05, 0) is 37.6 Å². The topological polar surface area (TPSA) is 87.6 Å². The lowest BCUT2D eigenvalue weighted by atomic mass is 10.0. The number of amides is 1. The van der Waals surface area contributed by atoms with Gasteiger partial charge in [0.05, 0.1) is 17.5 Å². The largest absolute Gasteiger partial charge is 0.384 e. The minimum absolute atomic E-state index is 0.0406. The summed E-state index contributed by atoms with van der Waals surface area (Å²) in [7, 11) is -3.36. The van der Waals surface area contributed by atoms with E-state index in [1.807, 2.05) is 0 Å². The molecule has 126 valence electrons. The van der Waals surface area contributed by atoms with Gasteiger partial charge < -0.3 is 10.0 Å². The van der Waals surface area contributed by atoms with E-state index in [2.05, 4.69) is 4.98 Å². The normalized spacial score (nSPS) is 19.7. The van der Waals surface area contributed by atoms with Crippen LogP contribution in [-0.4, -0.2) is 47.8 Å². The van der Waals surface area contributed by atoms with Crippen LogP contribution in [0.3, 0.4) is 0 Å². The van der Waals surface area contributed by atoms with Gasteiger partial charge in [-0.15, -0.1) is 0 Å². The maximum absolute atomic E-state index is 12.8. The van der Waals surface area contributed by atoms with E-state index in [1.54, 1.807) is 26.0 Å². The standard InChI is InChI=1S/C15H19FN2O4S/c1-15(2,20)13-7-11(3-5-17-13)9-18(14(19)8-16)12-4-6-23(21,22)10-12/h3-7,12,20H,8-10H2,1-2H3/t12-/m1/s1. The number of carbonyl (C=O) groups excluding carboxylic acids is 1. The molecule has 0 unspecified atom stereocenters. The van der Waals surface area contributed by atoms with Crippen molar-refractivity contribution in [1.29, 1.82) is 0 Å². The van der Waals surface area contributed by atoms with E-state index in [1.165, 1.54) is 17.2 Å². The van der Waals surface area contributed by atoms with Crippen LogP contribution in [-0.2, 0) is 26.8 Å². The molecule has 1 aliphatic rings. The zero-order valence-electron chi connectivity index (χ0n) is 12.9. The average Bonchev–Trinajstić information content (AvgIpc) is 2.83. The lowest BCUT2D eigenvalue weighted by molar-refractivity contribution is -0.133. The van der Waals surface area contributed by atoms with Crippen molar-refractivity contribution in [3.8, 4) is 0 Å². The van der Waals surface area contributed by atoms with Gasteiger partial charge in [0.1, 0.15) is 5.60 Å². The number of halogens is 1. The van der Waals surface area contributed by atoms with Crippen LogP contribution in [0.15, 0.2) is 29.8 Å². The van der Waals surface area contributed by atoms with Crippen molar-refractivity contribution in [1.82, 2.24) is 9.88 Å². The highest BCUT2D eigenvalue weighted by Crippen LogP contribution is 2.21. The van der Waals surface area contributed by atoms with Gasteiger partial charge in [-0.3, -0.25) is 9.78 Å². The van der Waals surface area contributed by atoms with Gasteiger partial charge in [0.25, 0.3) is 5.91 Å². The van der Waals surface area contributed by atoms with E-state index in [0.29, 0.717) is 11.3 Å². The van der Waals surface area contributed by atoms with Crippen LogP contribution in [0.25, 0.3) is 0 Å². The number of aliphatic hydroxyl groups is 1. The number of sulfone groups is 1. The summed E-state index contributed by atoms with van der Waals surface area (Å²) in [5.41, 5.74) is -0.101. The number of hydrogen-bond donors (Lipinski definition) is 1. The number of rotatable bonds is 5. The first kappa shape index (κ1) is 17.6. The van der Waals surface area contributed by atoms with Crippen molar-refractivity contribution in [2.45, 2.75) is 32.0 Å². The predicted molar refractivity (Wildman–Crippen MR) is 82.7 cm³/mol. The minimum Gasteiger partial charge on any atom is -0.384 e. The lowest BCUT2D eigenvalue weighted by Gasteiger charge is -2.27. The molecule has 1 N–H and O–H groups in total. The molecule has 23 heavy (non-hydrogen) atoms. The second-order valence-electron chi connectivity index (χ2n) is 5.99. The molecule has 0 aromatic carbocycles. The van der Waals surface area contributed by atoms with Crippen molar-refractivity contribution < 1.29 is 22.7 Å². The summed E-state index contributed by atoms with van der Waals surface area (Å²) >= 11 is 0. The molecule has 6 nitrogen and oxygen atoms in total. The number of pyridine rings is 1. The Labute approximate surface area is 134 Å². The summed E-state index contributed by atoms with van der Waals surface area (Å²) in [6.45, 7) is 2.00. The lowest BCUT2D eigenvalue weighted by Crippen LogP contribution is -2.41. The Morgan fingerprint density at radius 2 is 2.22 bits per heavy atom. The molecule has 0 bridgehead atoms. The van der Waals surface area contributed by atoms with Crippen molar-refractivity contribution >= 4 is 15.7 Å². The quantitative estimate of drug-likeness (QED) is 0.860. The van der Waals surface area contributed by atoms with Crippen molar-refractivity contribution in [2.24, 2.45) is 0 Å². The van der Waals surface area contributed by atoms with E-state index >= 15 is 0 Å². The highest BCUT2D eigenvalue weighted by Gasteiger charge is 2.30. The highest BCUT2D eigenvalue weighted by molar-refractivity contribution is 7.94. The van der Waals surface area contributed by atoms with Crippen molar-refractivity contribution in [3.05, 3.63) is 41.1 Å². The molecule has 0 spiro atoms. The van der Waals surface area contributed by atoms with Crippen LogP contribution in [0.1, 0.15) is 25.1 Å². The van der Waals surface area contributed by atoms with Gasteiger partial charge in [-0.1, -0.05) is 0 Å². The molecule has 2 heterocycles. The first-order valence-electron chi connectivity index (χ1n) is 7.06. The zero-order valence-corrected chi connectivity index (χ0v) is 13.8. The Morgan fingerprint density at radius 3 is 2.74 bits per heavy atom. The van der Waals surface area contributed by atoms with Crippen LogP contribution in [0, 0.1) is 0 Å². The smallest absolute Gasteiger partial charge is 0.254 e. The van der Waals surface area contributed by atoms with Gasteiger partial charge in [0.2, 0.25) is 0 Å². The zero-order chi connectivity index (χ0) is 17.3. The monoisotopic (exact) mass is 342 g/mol. The van der Waals surface area contributed by atoms with E-state index in [4.69, 9.17) is 0 Å². The van der Waals surface area contributed by atoms with Crippen LogP contribution >= 0.6 is 0 Å². The predicted octanol–water partition coefficient (Wildman–Crippen LogP) is 0.918. The summed E-state index contributed by atoms with van der Waals surface area (Å²) in [5.74, 6) is -1.03. The second kappa shape index (κ2) is 6.37. The van der Waals surface area contributed by atoms with Gasteiger partial charge in [0.15, 0.2) is 16.5 Å². The van der Waals surface area contributed by atoms with Gasteiger partial charge in [-0.25, -0.2) is 12.8 Å². The second-order valence-corrected chi connectivity index (χ2v) is 7.92. The molecule has 0 saturated heterocycles. The molecule has 8 heteroatoms. The molecule has 1 atom stereocenters. The van der Waals surface area contributed by atoms with E-state index in [0.717, 1.165) is 5.41 Å². The SMILES string of the molecule is CC(C)(O)c1cc(CN(C(=O)CF)[C@@H]2C=CS(=O)(=O)C2)ccn1. The third-order valence-corrected chi connectivity index (χ3v) is 4.93. The van der Waals surface area contributed by atoms with Crippen molar-refractivity contribution in [3.63, 3.8) is 0 Å². The first-order valence-corrected chi connectivity index (χ1v) is 8.78. The van der Waals surface area contributed by atoms with E-state index in [-0.39, 0.29) is 12.3 Å². The number of carbonyl (C=O) groups is 1. The molecule has 1 aromatic rings. The molecule has 2 rings (SSSR count). The van der Waals surface area contributed by atoms with Crippen LogP contribution in [0.2, 0.25) is 0 Å². The number of aromatic nitrogens is 1. The van der Waals surface area contributed by atoms with Gasteiger partial charge in [-0.2, -0.15) is 0 Å². The number of hydrogen-bond acceptors (Lipinski definition) is 5. The third kappa shape index (κ3) is 4.35. The Hall–Kier alpha value is -1.80. The summed E-state index contributed by atoms with van der Waals surface area (Å²) in [6.07, 6.45) is 2.88. The third-order valence-electron chi connectivity index (χ3n) is 3.55. The van der Waals surface area contributed by atoms with Crippen molar-refractivity contribution in [2.75, 3.05) is 12.4 Å². The summed E-state index contributed by atoms with van der Waals surface area (Å²) < 4.78 is 35.9. The van der Waals surface area contributed by atoms with Gasteiger partial charge in [0, 0.05) is 18.1 Å². The number of nitrogens with zero attached hydrogens (tertiary/aromatic N) is 2. The molecular weight excluding hydrogens is 323 g/mol. The first-order chi connectivity index (χ1) is 10.6. The summed E-state index contributed by atoms with van der Waals surface area (Å²) in [4.78, 5) is 17.1. The molecule has 0 saturated carbocycles. The molecule has 0 fully saturated rings. The summed E-state index contributed by atoms with van der Waals surface area (Å²) in [5, 5.41) is 11.0. The molecule has 1 amide bonds. The molecule has 1 aliphatic heterocycles. The average molecular weight is 342 g/mol. The summed E-state index contributed by atoms with van der Waals surface area (Å²) in [6, 6.07) is 2.56. The van der Waals surface area contributed by atoms with Crippen LogP contribution in [0.5, 0.6) is 0 Å². The Kier molecular flexibility index (Phi) is 4.86. The highest BCUT2D eigenvalue weighted by atomic mass is 32.2. The van der Waals surface area contributed by atoms with E-state index in [9.17, 15) is 22.7 Å². The number of alkyl halides is 1. The molecule has 0 radical (unpaired) electrons. The van der Waals surface area contributed by atoms with Gasteiger partial charge >= 0.3 is 0 Å². The fourth-order valence-electron chi connectivity index (χ4n) is 2.32. The van der Waals surface area contributed by atoms with Crippen LogP contribution in [0.4, 0.5) is 4.39 Å². The fourth-order valence-corrected chi connectivity index (χ4v) is 3.62. The van der Waals surface area contributed by atoms with Crippen LogP contribution < -0.4 is 0 Å². The molecule has 1 aromatic heterocycles. The Bertz CT molecular complexity index is 725. The Balaban J connectivity index is 2.26. The van der Waals surface area contributed by atoms with E-state index < -0.39 is 34.1 Å².